The molecule has 2 aliphatic rings. The average molecular weight is 503 g/mol. The van der Waals surface area contributed by atoms with Crippen molar-refractivity contribution in [1.82, 2.24) is 25.0 Å². The van der Waals surface area contributed by atoms with Gasteiger partial charge in [0.1, 0.15) is 24.7 Å². The number of amides is 3. The first kappa shape index (κ1) is 24.5. The van der Waals surface area contributed by atoms with Crippen molar-refractivity contribution < 1.29 is 19.1 Å². The Hall–Kier alpha value is -4.21. The third kappa shape index (κ3) is 5.63. The molecular formula is C27H30N6O4. The van der Waals surface area contributed by atoms with Gasteiger partial charge in [-0.3, -0.25) is 14.4 Å². The monoisotopic (exact) mass is 502 g/mol. The number of nitrogens with zero attached hydrogens (tertiary/aromatic N) is 5. The fourth-order valence-corrected chi connectivity index (χ4v) is 4.65. The maximum atomic E-state index is 13.2. The molecule has 192 valence electrons. The number of hydrogen-bond donors (Lipinski definition) is 1. The van der Waals surface area contributed by atoms with E-state index in [-0.39, 0.29) is 24.2 Å². The summed E-state index contributed by atoms with van der Waals surface area (Å²) in [5.74, 6) is -0.156. The summed E-state index contributed by atoms with van der Waals surface area (Å²) in [7, 11) is 1.65. The van der Waals surface area contributed by atoms with E-state index >= 15 is 0 Å². The molecule has 1 unspecified atom stereocenters. The normalized spacial score (nSPS) is 17.2. The van der Waals surface area contributed by atoms with Gasteiger partial charge in [-0.1, -0.05) is 36.4 Å². The second-order valence-electron chi connectivity index (χ2n) is 9.38. The van der Waals surface area contributed by atoms with Crippen LogP contribution in [0.2, 0.25) is 0 Å². The number of carbonyl (C=O) groups is 3. The molecule has 37 heavy (non-hydrogen) atoms. The van der Waals surface area contributed by atoms with Crippen molar-refractivity contribution in [3.8, 4) is 5.75 Å². The van der Waals surface area contributed by atoms with Gasteiger partial charge in [-0.15, -0.1) is 5.10 Å². The molecule has 1 fully saturated rings. The highest BCUT2D eigenvalue weighted by atomic mass is 16.5. The van der Waals surface area contributed by atoms with E-state index in [0.29, 0.717) is 30.8 Å². The number of nitrogens with one attached hydrogen (secondary N) is 1. The van der Waals surface area contributed by atoms with Gasteiger partial charge < -0.3 is 19.9 Å². The van der Waals surface area contributed by atoms with Gasteiger partial charge in [0.05, 0.1) is 12.2 Å². The van der Waals surface area contributed by atoms with Crippen molar-refractivity contribution in [2.24, 2.45) is 0 Å². The number of rotatable bonds is 7. The molecule has 3 aromatic rings. The van der Waals surface area contributed by atoms with E-state index in [1.165, 1.54) is 11.2 Å². The summed E-state index contributed by atoms with van der Waals surface area (Å²) in [5.41, 5.74) is 2.59. The molecule has 10 heteroatoms. The molecule has 1 aromatic heterocycles. The predicted molar refractivity (Wildman–Crippen MR) is 136 cm³/mol. The van der Waals surface area contributed by atoms with E-state index in [4.69, 9.17) is 4.74 Å². The van der Waals surface area contributed by atoms with Crippen LogP contribution in [-0.2, 0) is 22.6 Å². The summed E-state index contributed by atoms with van der Waals surface area (Å²) in [6.07, 6.45) is 4.64. The number of likely N-dealkylation sites (N-methyl/N-ethyl adjacent to an activating group) is 1. The van der Waals surface area contributed by atoms with Crippen LogP contribution in [0.15, 0.2) is 54.9 Å². The number of benzene rings is 2. The Bertz CT molecular complexity index is 1290. The number of anilines is 1. The fourth-order valence-electron chi connectivity index (χ4n) is 4.65. The Labute approximate surface area is 215 Å². The lowest BCUT2D eigenvalue weighted by Gasteiger charge is -2.20. The SMILES string of the molecule is CN1C(=O)C(NC(=O)c2ncn(Cc3ccccc3)n2)COc2ccc(CCC(=O)N3CCCC3)cc21. The molecule has 2 aliphatic heterocycles. The van der Waals surface area contributed by atoms with Crippen LogP contribution >= 0.6 is 0 Å². The van der Waals surface area contributed by atoms with Gasteiger partial charge in [-0.25, -0.2) is 9.67 Å². The van der Waals surface area contributed by atoms with Crippen molar-refractivity contribution in [2.45, 2.75) is 38.3 Å². The summed E-state index contributed by atoms with van der Waals surface area (Å²) in [5, 5.41) is 6.96. The first-order chi connectivity index (χ1) is 18.0. The molecule has 0 bridgehead atoms. The maximum absolute atomic E-state index is 13.2. The van der Waals surface area contributed by atoms with Crippen LogP contribution in [0.1, 0.15) is 41.0 Å². The Balaban J connectivity index is 1.21. The van der Waals surface area contributed by atoms with Crippen LogP contribution in [0.5, 0.6) is 5.75 Å². The van der Waals surface area contributed by atoms with Crippen molar-refractivity contribution in [3.63, 3.8) is 0 Å². The van der Waals surface area contributed by atoms with Gasteiger partial charge in [0.15, 0.2) is 0 Å². The zero-order valence-electron chi connectivity index (χ0n) is 20.8. The summed E-state index contributed by atoms with van der Waals surface area (Å²) < 4.78 is 7.46. The zero-order chi connectivity index (χ0) is 25.8. The molecule has 1 N–H and O–H groups in total. The van der Waals surface area contributed by atoms with Crippen molar-refractivity contribution in [2.75, 3.05) is 31.6 Å². The molecule has 10 nitrogen and oxygen atoms in total. The van der Waals surface area contributed by atoms with Crippen LogP contribution in [0, 0.1) is 0 Å². The van der Waals surface area contributed by atoms with Crippen molar-refractivity contribution >= 4 is 23.4 Å². The number of ether oxygens (including phenoxy) is 1. The van der Waals surface area contributed by atoms with E-state index in [1.54, 1.807) is 11.7 Å². The van der Waals surface area contributed by atoms with E-state index < -0.39 is 11.9 Å². The lowest BCUT2D eigenvalue weighted by atomic mass is 10.1. The molecule has 5 rings (SSSR count). The Morgan fingerprint density at radius 1 is 1.08 bits per heavy atom. The lowest BCUT2D eigenvalue weighted by molar-refractivity contribution is -0.130. The fraction of sp³-hybridized carbons (Fsp3) is 0.370. The minimum Gasteiger partial charge on any atom is -0.489 e. The molecule has 3 amide bonds. The lowest BCUT2D eigenvalue weighted by Crippen LogP contribution is -2.49. The van der Waals surface area contributed by atoms with Crippen molar-refractivity contribution in [3.05, 3.63) is 71.8 Å². The van der Waals surface area contributed by atoms with Crippen LogP contribution in [0.25, 0.3) is 0 Å². The summed E-state index contributed by atoms with van der Waals surface area (Å²) >= 11 is 0. The minimum absolute atomic E-state index is 0.0145. The molecule has 1 atom stereocenters. The number of aryl methyl sites for hydroxylation is 1. The number of likely N-dealkylation sites (tertiary alicyclic amines) is 1. The standard InChI is InChI=1S/C27H30N6O4/c1-31-22-15-19(10-12-24(34)32-13-5-6-14-32)9-11-23(22)37-17-21(27(31)36)29-26(35)25-28-18-33(30-25)16-20-7-3-2-4-8-20/h2-4,7-9,11,15,18,21H,5-6,10,12-14,16-17H2,1H3,(H,29,35). The molecule has 0 aliphatic carbocycles. The van der Waals surface area contributed by atoms with Gasteiger partial charge in [0.2, 0.25) is 11.7 Å². The quantitative estimate of drug-likeness (QED) is 0.530. The minimum atomic E-state index is -0.897. The third-order valence-corrected chi connectivity index (χ3v) is 6.74. The summed E-state index contributed by atoms with van der Waals surface area (Å²) in [6, 6.07) is 14.4. The highest BCUT2D eigenvalue weighted by molar-refractivity contribution is 6.02. The first-order valence-electron chi connectivity index (χ1n) is 12.5. The number of fused-ring (bicyclic) bond motifs is 1. The Morgan fingerprint density at radius 3 is 2.65 bits per heavy atom. The van der Waals surface area contributed by atoms with Crippen LogP contribution in [0.3, 0.4) is 0 Å². The molecular weight excluding hydrogens is 472 g/mol. The highest BCUT2D eigenvalue weighted by Gasteiger charge is 2.32. The van der Waals surface area contributed by atoms with E-state index in [0.717, 1.165) is 37.1 Å². The molecule has 0 radical (unpaired) electrons. The highest BCUT2D eigenvalue weighted by Crippen LogP contribution is 2.32. The molecule has 2 aromatic carbocycles. The van der Waals surface area contributed by atoms with Crippen LogP contribution < -0.4 is 15.0 Å². The Morgan fingerprint density at radius 2 is 1.86 bits per heavy atom. The predicted octanol–water partition coefficient (Wildman–Crippen LogP) is 2.04. The smallest absolute Gasteiger partial charge is 0.291 e. The molecule has 1 saturated heterocycles. The van der Waals surface area contributed by atoms with Gasteiger partial charge in [-0.2, -0.15) is 0 Å². The largest absolute Gasteiger partial charge is 0.489 e. The molecule has 0 spiro atoms. The van der Waals surface area contributed by atoms with E-state index in [1.807, 2.05) is 53.4 Å². The average Bonchev–Trinajstić information content (AvgIpc) is 3.61. The van der Waals surface area contributed by atoms with Crippen molar-refractivity contribution in [1.29, 1.82) is 0 Å². The van der Waals surface area contributed by atoms with E-state index in [9.17, 15) is 14.4 Å². The van der Waals surface area contributed by atoms with Gasteiger partial charge in [0.25, 0.3) is 11.8 Å². The summed E-state index contributed by atoms with van der Waals surface area (Å²) in [4.78, 5) is 45.9. The second kappa shape index (κ2) is 10.8. The van der Waals surface area contributed by atoms with E-state index in [2.05, 4.69) is 15.4 Å². The summed E-state index contributed by atoms with van der Waals surface area (Å²) in [6.45, 7) is 2.14. The molecule has 0 saturated carbocycles. The van der Waals surface area contributed by atoms with Crippen LogP contribution in [-0.4, -0.2) is 70.2 Å². The number of hydrogen-bond acceptors (Lipinski definition) is 6. The molecule has 3 heterocycles. The van der Waals surface area contributed by atoms with Crippen LogP contribution in [0.4, 0.5) is 5.69 Å². The van der Waals surface area contributed by atoms with Gasteiger partial charge >= 0.3 is 0 Å². The zero-order valence-corrected chi connectivity index (χ0v) is 20.8. The third-order valence-electron chi connectivity index (χ3n) is 6.74. The second-order valence-corrected chi connectivity index (χ2v) is 9.38. The maximum Gasteiger partial charge on any atom is 0.291 e. The topological polar surface area (TPSA) is 110 Å². The number of carbonyl (C=O) groups excluding carboxylic acids is 3. The number of aromatic nitrogens is 3. The van der Waals surface area contributed by atoms with Gasteiger partial charge in [-0.05, 0) is 42.5 Å². The van der Waals surface area contributed by atoms with Gasteiger partial charge in [0, 0.05) is 26.6 Å². The first-order valence-corrected chi connectivity index (χ1v) is 12.5. The Kier molecular flexibility index (Phi) is 7.16.